The van der Waals surface area contributed by atoms with Gasteiger partial charge >= 0.3 is 11.9 Å². The third-order valence-corrected chi connectivity index (χ3v) is 11.9. The highest BCUT2D eigenvalue weighted by atomic mass is 35.5. The molecule has 1 heterocycles. The minimum Gasteiger partial charge on any atom is -0.423 e. The molecule has 0 saturated carbocycles. The Kier molecular flexibility index (Phi) is 14.4. The highest BCUT2D eigenvalue weighted by Gasteiger charge is 2.29. The molecule has 220 valence electrons. The zero-order chi connectivity index (χ0) is 29.7. The van der Waals surface area contributed by atoms with E-state index in [9.17, 15) is 9.59 Å². The molecule has 0 radical (unpaired) electrons. The van der Waals surface area contributed by atoms with Crippen LogP contribution in [0.4, 0.5) is 0 Å². The van der Waals surface area contributed by atoms with Crippen molar-refractivity contribution in [3.05, 3.63) is 50.2 Å². The second-order valence-corrected chi connectivity index (χ2v) is 14.0. The lowest BCUT2D eigenvalue weighted by atomic mass is 10.2. The molecule has 0 spiro atoms. The van der Waals surface area contributed by atoms with Crippen LogP contribution in [0.5, 0.6) is 11.5 Å². The van der Waals surface area contributed by atoms with E-state index in [4.69, 9.17) is 135 Å². The second-order valence-electron chi connectivity index (χ2n) is 7.63. The van der Waals surface area contributed by atoms with Gasteiger partial charge in [-0.15, -0.1) is 0 Å². The van der Waals surface area contributed by atoms with E-state index in [1.54, 1.807) is 21.6 Å². The molecular weight excluding hydrogens is 779 g/mol. The fourth-order valence-electron chi connectivity index (χ4n) is 3.02. The number of hydrogen-bond acceptors (Lipinski definition) is 8. The average Bonchev–Trinajstić information content (AvgIpc) is 2.94. The molecule has 2 aromatic rings. The zero-order valence-electron chi connectivity index (χ0n) is 19.4. The first-order valence-corrected chi connectivity index (χ1v) is 17.0. The summed E-state index contributed by atoms with van der Waals surface area (Å²) in [5, 5.41) is -1.06. The maximum atomic E-state index is 12.4. The Balaban J connectivity index is 1.49. The van der Waals surface area contributed by atoms with E-state index in [0.717, 1.165) is 0 Å². The van der Waals surface area contributed by atoms with E-state index in [0.29, 0.717) is 11.5 Å². The van der Waals surface area contributed by atoms with Gasteiger partial charge in [-0.3, -0.25) is 9.59 Å². The Hall–Kier alpha value is 0.900. The fraction of sp³-hybridized carbons (Fsp3) is 0.364. The summed E-state index contributed by atoms with van der Waals surface area (Å²) in [6, 6.07) is 0. The molecular formula is C22H14Cl10O6S2. The molecule has 2 aromatic carbocycles. The van der Waals surface area contributed by atoms with Crippen molar-refractivity contribution in [2.24, 2.45) is 0 Å². The largest absolute Gasteiger partial charge is 0.423 e. The summed E-state index contributed by atoms with van der Waals surface area (Å²) in [5.41, 5.74) is 0. The second kappa shape index (κ2) is 16.3. The molecule has 6 nitrogen and oxygen atoms in total. The van der Waals surface area contributed by atoms with Crippen LogP contribution in [0.3, 0.4) is 0 Å². The summed E-state index contributed by atoms with van der Waals surface area (Å²) in [4.78, 5) is 24.8. The predicted molar refractivity (Wildman–Crippen MR) is 168 cm³/mol. The molecule has 3 rings (SSSR count). The van der Waals surface area contributed by atoms with Crippen molar-refractivity contribution in [2.75, 3.05) is 24.7 Å². The maximum Gasteiger partial charge on any atom is 0.313 e. The van der Waals surface area contributed by atoms with Crippen molar-refractivity contribution < 1.29 is 28.5 Å². The van der Waals surface area contributed by atoms with Gasteiger partial charge in [-0.1, -0.05) is 138 Å². The van der Waals surface area contributed by atoms with Crippen molar-refractivity contribution in [1.82, 2.24) is 0 Å². The Morgan fingerprint density at radius 2 is 0.800 bits per heavy atom. The molecule has 40 heavy (non-hydrogen) atoms. The maximum absolute atomic E-state index is 12.4. The van der Waals surface area contributed by atoms with E-state index in [1.165, 1.54) is 0 Å². The summed E-state index contributed by atoms with van der Waals surface area (Å²) < 4.78 is 22.2. The summed E-state index contributed by atoms with van der Waals surface area (Å²) >= 11 is 60.3. The Morgan fingerprint density at radius 1 is 0.525 bits per heavy atom. The minimum atomic E-state index is -0.684. The van der Waals surface area contributed by atoms with Crippen LogP contribution in [-0.2, 0) is 19.1 Å². The molecule has 1 saturated heterocycles. The van der Waals surface area contributed by atoms with Crippen molar-refractivity contribution in [1.29, 1.82) is 0 Å². The first-order chi connectivity index (χ1) is 18.8. The first kappa shape index (κ1) is 35.4. The minimum absolute atomic E-state index is 0.00992. The lowest BCUT2D eigenvalue weighted by Crippen LogP contribution is -2.39. The van der Waals surface area contributed by atoms with Crippen LogP contribution < -0.4 is 9.47 Å². The zero-order valence-corrected chi connectivity index (χ0v) is 28.6. The molecule has 1 fully saturated rings. The van der Waals surface area contributed by atoms with Gasteiger partial charge in [-0.05, 0) is 0 Å². The van der Waals surface area contributed by atoms with Crippen LogP contribution in [0.15, 0.2) is 0 Å². The molecule has 0 unspecified atom stereocenters. The SMILES string of the molecule is O=C(CCO[C@@H]1CSSC[C@H]1OCCC(=O)Oc1c(Cl)c(Cl)c(Cl)c(Cl)c1Cl)Oc1c(Cl)c(Cl)c(Cl)c(Cl)c1Cl. The lowest BCUT2D eigenvalue weighted by molar-refractivity contribution is -0.139. The molecule has 0 amide bonds. The quantitative estimate of drug-likeness (QED) is 0.0775. The van der Waals surface area contributed by atoms with Crippen molar-refractivity contribution in [3.63, 3.8) is 0 Å². The molecule has 18 heteroatoms. The van der Waals surface area contributed by atoms with E-state index in [-0.39, 0.29) is 100.0 Å². The molecule has 0 aromatic heterocycles. The smallest absolute Gasteiger partial charge is 0.313 e. The van der Waals surface area contributed by atoms with Crippen LogP contribution in [0, 0.1) is 0 Å². The van der Waals surface area contributed by atoms with Crippen LogP contribution in [0.1, 0.15) is 12.8 Å². The number of hydrogen-bond donors (Lipinski definition) is 0. The number of ether oxygens (including phenoxy) is 4. The van der Waals surface area contributed by atoms with Gasteiger partial charge in [-0.25, -0.2) is 0 Å². The van der Waals surface area contributed by atoms with Crippen molar-refractivity contribution in [3.8, 4) is 11.5 Å². The number of rotatable bonds is 10. The highest BCUT2D eigenvalue weighted by molar-refractivity contribution is 8.76. The number of carbonyl (C=O) groups is 2. The number of esters is 2. The third kappa shape index (κ3) is 8.75. The molecule has 2 atom stereocenters. The van der Waals surface area contributed by atoms with Gasteiger partial charge in [0.1, 0.15) is 20.1 Å². The number of carbonyl (C=O) groups excluding carboxylic acids is 2. The third-order valence-electron chi connectivity index (χ3n) is 5.01. The van der Waals surface area contributed by atoms with E-state index >= 15 is 0 Å². The van der Waals surface area contributed by atoms with Crippen LogP contribution in [0.2, 0.25) is 50.2 Å². The Morgan fingerprint density at radius 3 is 1.10 bits per heavy atom. The molecule has 0 N–H and O–H groups in total. The van der Waals surface area contributed by atoms with Crippen molar-refractivity contribution >= 4 is 150 Å². The van der Waals surface area contributed by atoms with Crippen LogP contribution >= 0.6 is 138 Å². The Labute approximate surface area is 287 Å². The van der Waals surface area contributed by atoms with Gasteiger partial charge in [0.25, 0.3) is 0 Å². The van der Waals surface area contributed by atoms with Gasteiger partial charge in [0.05, 0.1) is 68.4 Å². The molecule has 1 aliphatic heterocycles. The summed E-state index contributed by atoms with van der Waals surface area (Å²) in [7, 11) is 3.17. The van der Waals surface area contributed by atoms with E-state index < -0.39 is 11.9 Å². The topological polar surface area (TPSA) is 71.1 Å². The fourth-order valence-corrected chi connectivity index (χ4v) is 7.88. The molecule has 0 bridgehead atoms. The lowest BCUT2D eigenvalue weighted by Gasteiger charge is -2.30. The monoisotopic (exact) mass is 788 g/mol. The van der Waals surface area contributed by atoms with Crippen LogP contribution in [0.25, 0.3) is 0 Å². The Bertz CT molecular complexity index is 1140. The first-order valence-electron chi connectivity index (χ1n) is 10.8. The van der Waals surface area contributed by atoms with Gasteiger partial charge in [0, 0.05) is 11.5 Å². The standard InChI is InChI=1S/C22H14Cl10O6S2/c23-11-13(25)17(29)21(18(30)14(11)26)37-9(33)1-3-35-7-5-39-40-6-8(7)36-4-2-10(34)38-22-19(31)15(27)12(24)16(28)20(22)32/h7-8H,1-6H2/t7-,8-/m1/s1. The van der Waals surface area contributed by atoms with E-state index in [2.05, 4.69) is 0 Å². The van der Waals surface area contributed by atoms with Gasteiger partial charge in [-0.2, -0.15) is 0 Å². The van der Waals surface area contributed by atoms with Gasteiger partial charge < -0.3 is 18.9 Å². The molecule has 0 aliphatic carbocycles. The van der Waals surface area contributed by atoms with E-state index in [1.807, 2.05) is 0 Å². The van der Waals surface area contributed by atoms with Crippen molar-refractivity contribution in [2.45, 2.75) is 25.0 Å². The average molecular weight is 793 g/mol. The summed E-state index contributed by atoms with van der Waals surface area (Å²) in [5.74, 6) is -0.594. The number of benzene rings is 2. The number of halogens is 10. The van der Waals surface area contributed by atoms with Crippen LogP contribution in [-0.4, -0.2) is 48.9 Å². The highest BCUT2D eigenvalue weighted by Crippen LogP contribution is 2.49. The normalized spacial score (nSPS) is 17.1. The summed E-state index contributed by atoms with van der Waals surface area (Å²) in [6.07, 6.45) is -0.990. The van der Waals surface area contributed by atoms with Gasteiger partial charge in [0.2, 0.25) is 0 Å². The predicted octanol–water partition coefficient (Wildman–Crippen LogP) is 10.7. The molecule has 1 aliphatic rings. The van der Waals surface area contributed by atoms with Gasteiger partial charge in [0.15, 0.2) is 11.5 Å². The summed E-state index contributed by atoms with van der Waals surface area (Å²) in [6.45, 7) is 0.0198.